The van der Waals surface area contributed by atoms with Gasteiger partial charge in [0, 0.05) is 25.0 Å². The van der Waals surface area contributed by atoms with Crippen LogP contribution in [0.15, 0.2) is 24.3 Å². The van der Waals surface area contributed by atoms with Crippen LogP contribution in [0.4, 0.5) is 4.39 Å². The van der Waals surface area contributed by atoms with Gasteiger partial charge in [-0.1, -0.05) is 28.1 Å². The summed E-state index contributed by atoms with van der Waals surface area (Å²) in [5.41, 5.74) is 1.02. The Balaban J connectivity index is 1.98. The molecule has 0 aromatic heterocycles. The van der Waals surface area contributed by atoms with Crippen molar-refractivity contribution in [3.05, 3.63) is 35.6 Å². The number of halogens is 2. The summed E-state index contributed by atoms with van der Waals surface area (Å²) in [5, 5.41) is 0.844. The predicted molar refractivity (Wildman–Crippen MR) is 69.8 cm³/mol. The number of alkyl halides is 1. The highest BCUT2D eigenvalue weighted by Gasteiger charge is 2.24. The fourth-order valence-electron chi connectivity index (χ4n) is 2.25. The van der Waals surface area contributed by atoms with Crippen molar-refractivity contribution in [2.24, 2.45) is 0 Å². The Morgan fingerprint density at radius 3 is 3.00 bits per heavy atom. The minimum atomic E-state index is -0.166. The summed E-state index contributed by atoms with van der Waals surface area (Å²) in [6.07, 6.45) is 0.465. The van der Waals surface area contributed by atoms with Crippen LogP contribution in [0.2, 0.25) is 0 Å². The Labute approximate surface area is 110 Å². The lowest BCUT2D eigenvalue weighted by Gasteiger charge is -2.36. The average molecular weight is 302 g/mol. The molecule has 17 heavy (non-hydrogen) atoms. The van der Waals surface area contributed by atoms with E-state index in [1.807, 2.05) is 6.07 Å². The summed E-state index contributed by atoms with van der Waals surface area (Å²) >= 11 is 3.45. The second-order valence-electron chi connectivity index (χ2n) is 4.55. The molecule has 1 saturated heterocycles. The van der Waals surface area contributed by atoms with Gasteiger partial charge in [-0.3, -0.25) is 4.90 Å². The molecule has 1 aliphatic heterocycles. The first-order valence-electron chi connectivity index (χ1n) is 5.85. The zero-order valence-electron chi connectivity index (χ0n) is 9.90. The van der Waals surface area contributed by atoms with Crippen molar-refractivity contribution >= 4 is 15.9 Å². The molecule has 0 spiro atoms. The molecule has 0 N–H and O–H groups in total. The minimum Gasteiger partial charge on any atom is -0.372 e. The van der Waals surface area contributed by atoms with E-state index in [-0.39, 0.29) is 18.0 Å². The molecule has 0 saturated carbocycles. The van der Waals surface area contributed by atoms with Crippen LogP contribution in [-0.4, -0.2) is 35.5 Å². The highest BCUT2D eigenvalue weighted by molar-refractivity contribution is 9.09. The first kappa shape index (κ1) is 13.0. The van der Waals surface area contributed by atoms with Crippen molar-refractivity contribution in [1.29, 1.82) is 0 Å². The highest BCUT2D eigenvalue weighted by Crippen LogP contribution is 2.16. The van der Waals surface area contributed by atoms with Crippen molar-refractivity contribution < 1.29 is 9.13 Å². The van der Waals surface area contributed by atoms with Gasteiger partial charge in [-0.25, -0.2) is 4.39 Å². The van der Waals surface area contributed by atoms with Crippen molar-refractivity contribution in [2.75, 3.05) is 18.4 Å². The molecule has 0 radical (unpaired) electrons. The molecule has 1 heterocycles. The van der Waals surface area contributed by atoms with Crippen LogP contribution >= 0.6 is 15.9 Å². The number of rotatable bonds is 3. The van der Waals surface area contributed by atoms with E-state index in [1.165, 1.54) is 6.07 Å². The maximum absolute atomic E-state index is 13.1. The molecule has 4 heteroatoms. The highest BCUT2D eigenvalue weighted by atomic mass is 79.9. The van der Waals surface area contributed by atoms with E-state index < -0.39 is 0 Å². The van der Waals surface area contributed by atoms with Crippen molar-refractivity contribution in [3.8, 4) is 0 Å². The van der Waals surface area contributed by atoms with Crippen LogP contribution in [0.5, 0.6) is 0 Å². The first-order chi connectivity index (χ1) is 8.17. The molecule has 0 bridgehead atoms. The Morgan fingerprint density at radius 2 is 2.29 bits per heavy atom. The number of ether oxygens (including phenoxy) is 1. The summed E-state index contributed by atoms with van der Waals surface area (Å²) in [5.74, 6) is -0.166. The number of hydrogen-bond acceptors (Lipinski definition) is 2. The van der Waals surface area contributed by atoms with Gasteiger partial charge < -0.3 is 4.74 Å². The van der Waals surface area contributed by atoms with Crippen LogP contribution in [0.3, 0.4) is 0 Å². The third-order valence-electron chi connectivity index (χ3n) is 2.87. The number of morpholine rings is 1. The molecule has 0 amide bonds. The standard InChI is InChI=1S/C13H17BrFNO/c1-10-7-16(9-13(6-14)17-10)8-11-3-2-4-12(15)5-11/h2-5,10,13H,6-9H2,1H3. The second kappa shape index (κ2) is 5.94. The van der Waals surface area contributed by atoms with Crippen LogP contribution in [0.1, 0.15) is 12.5 Å². The lowest BCUT2D eigenvalue weighted by Crippen LogP contribution is -2.46. The normalized spacial score (nSPS) is 26.1. The Morgan fingerprint density at radius 1 is 1.47 bits per heavy atom. The maximum atomic E-state index is 13.1. The van der Waals surface area contributed by atoms with Gasteiger partial charge in [-0.15, -0.1) is 0 Å². The summed E-state index contributed by atoms with van der Waals surface area (Å²) in [6, 6.07) is 6.80. The Hall–Kier alpha value is -0.450. The lowest BCUT2D eigenvalue weighted by molar-refractivity contribution is -0.0678. The van der Waals surface area contributed by atoms with E-state index in [4.69, 9.17) is 4.74 Å². The van der Waals surface area contributed by atoms with Gasteiger partial charge in [0.15, 0.2) is 0 Å². The van der Waals surface area contributed by atoms with Crippen molar-refractivity contribution in [2.45, 2.75) is 25.7 Å². The quantitative estimate of drug-likeness (QED) is 0.796. The fourth-order valence-corrected chi connectivity index (χ4v) is 2.61. The topological polar surface area (TPSA) is 12.5 Å². The van der Waals surface area contributed by atoms with E-state index in [1.54, 1.807) is 12.1 Å². The molecule has 0 aliphatic carbocycles. The zero-order valence-corrected chi connectivity index (χ0v) is 11.5. The average Bonchev–Trinajstić information content (AvgIpc) is 2.28. The molecule has 1 fully saturated rings. The molecule has 2 unspecified atom stereocenters. The van der Waals surface area contributed by atoms with Gasteiger partial charge >= 0.3 is 0 Å². The van der Waals surface area contributed by atoms with E-state index >= 15 is 0 Å². The smallest absolute Gasteiger partial charge is 0.123 e. The molecule has 94 valence electrons. The monoisotopic (exact) mass is 301 g/mol. The molecular weight excluding hydrogens is 285 g/mol. The van der Waals surface area contributed by atoms with E-state index in [2.05, 4.69) is 27.8 Å². The van der Waals surface area contributed by atoms with Gasteiger partial charge in [0.05, 0.1) is 12.2 Å². The van der Waals surface area contributed by atoms with Gasteiger partial charge in [-0.2, -0.15) is 0 Å². The minimum absolute atomic E-state index is 0.166. The number of nitrogens with zero attached hydrogens (tertiary/aromatic N) is 1. The molecular formula is C13H17BrFNO. The van der Waals surface area contributed by atoms with Crippen molar-refractivity contribution in [3.63, 3.8) is 0 Å². The Kier molecular flexibility index (Phi) is 4.54. The molecule has 2 rings (SSSR count). The lowest BCUT2D eigenvalue weighted by atomic mass is 10.1. The zero-order chi connectivity index (χ0) is 12.3. The summed E-state index contributed by atoms with van der Waals surface area (Å²) < 4.78 is 18.9. The fraction of sp³-hybridized carbons (Fsp3) is 0.538. The Bertz CT molecular complexity index is 374. The largest absolute Gasteiger partial charge is 0.372 e. The van der Waals surface area contributed by atoms with Crippen LogP contribution in [0, 0.1) is 5.82 Å². The van der Waals surface area contributed by atoms with Gasteiger partial charge in [0.1, 0.15) is 5.82 Å². The SMILES string of the molecule is CC1CN(Cc2cccc(F)c2)CC(CBr)O1. The maximum Gasteiger partial charge on any atom is 0.123 e. The molecule has 1 aliphatic rings. The summed E-state index contributed by atoms with van der Waals surface area (Å²) in [4.78, 5) is 2.31. The first-order valence-corrected chi connectivity index (χ1v) is 6.97. The third kappa shape index (κ3) is 3.76. The molecule has 1 aromatic carbocycles. The van der Waals surface area contributed by atoms with E-state index in [9.17, 15) is 4.39 Å². The van der Waals surface area contributed by atoms with Crippen molar-refractivity contribution in [1.82, 2.24) is 4.90 Å². The predicted octanol–water partition coefficient (Wildman–Crippen LogP) is 2.81. The van der Waals surface area contributed by atoms with Gasteiger partial charge in [0.25, 0.3) is 0 Å². The molecule has 1 aromatic rings. The van der Waals surface area contributed by atoms with Crippen LogP contribution < -0.4 is 0 Å². The van der Waals surface area contributed by atoms with Gasteiger partial charge in [0.2, 0.25) is 0 Å². The number of hydrogen-bond donors (Lipinski definition) is 0. The molecule has 2 nitrogen and oxygen atoms in total. The molecule has 2 atom stereocenters. The second-order valence-corrected chi connectivity index (χ2v) is 5.19. The van der Waals surface area contributed by atoms with Gasteiger partial charge in [-0.05, 0) is 24.6 Å². The van der Waals surface area contributed by atoms with Crippen LogP contribution in [-0.2, 0) is 11.3 Å². The third-order valence-corrected chi connectivity index (χ3v) is 3.59. The number of benzene rings is 1. The van der Waals surface area contributed by atoms with E-state index in [0.717, 1.165) is 30.5 Å². The van der Waals surface area contributed by atoms with Crippen LogP contribution in [0.25, 0.3) is 0 Å². The van der Waals surface area contributed by atoms with E-state index in [0.29, 0.717) is 0 Å². The summed E-state index contributed by atoms with van der Waals surface area (Å²) in [6.45, 7) is 4.66. The summed E-state index contributed by atoms with van der Waals surface area (Å²) in [7, 11) is 0.